The molecule has 0 amide bonds. The fourth-order valence-electron chi connectivity index (χ4n) is 3.04. The summed E-state index contributed by atoms with van der Waals surface area (Å²) in [6.45, 7) is 7.23. The standard InChI is InChI=1S/C15H22BrNO/c1-4-12(8-17-3)15(9-18-10-15)14-7-13(16)6-5-11(14)2/h5-7,12,17H,4,8-10H2,1-3H3. The van der Waals surface area contributed by atoms with Crippen LogP contribution in [0.2, 0.25) is 0 Å². The summed E-state index contributed by atoms with van der Waals surface area (Å²) < 4.78 is 6.73. The molecule has 2 rings (SSSR count). The van der Waals surface area contributed by atoms with E-state index in [0.717, 1.165) is 24.2 Å². The molecular weight excluding hydrogens is 290 g/mol. The van der Waals surface area contributed by atoms with E-state index in [4.69, 9.17) is 4.74 Å². The van der Waals surface area contributed by atoms with Crippen molar-refractivity contribution in [1.29, 1.82) is 0 Å². The van der Waals surface area contributed by atoms with Crippen molar-refractivity contribution in [1.82, 2.24) is 5.32 Å². The molecule has 1 saturated heterocycles. The molecule has 1 atom stereocenters. The average molecular weight is 312 g/mol. The van der Waals surface area contributed by atoms with Crippen LogP contribution in [0, 0.1) is 12.8 Å². The van der Waals surface area contributed by atoms with E-state index in [1.807, 2.05) is 7.05 Å². The van der Waals surface area contributed by atoms with Crippen LogP contribution in [-0.2, 0) is 10.2 Å². The third-order valence-corrected chi connectivity index (χ3v) is 4.67. The van der Waals surface area contributed by atoms with Crippen molar-refractivity contribution in [2.75, 3.05) is 26.8 Å². The SMILES string of the molecule is CCC(CNC)C1(c2cc(Br)ccc2C)COC1. The third-order valence-electron chi connectivity index (χ3n) is 4.18. The molecule has 0 radical (unpaired) electrons. The molecule has 1 aromatic rings. The molecule has 1 aliphatic rings. The zero-order chi connectivity index (χ0) is 13.2. The normalized spacial score (nSPS) is 19.3. The average Bonchev–Trinajstić information content (AvgIpc) is 2.31. The summed E-state index contributed by atoms with van der Waals surface area (Å²) in [5.41, 5.74) is 3.02. The third kappa shape index (κ3) is 2.36. The second-order valence-electron chi connectivity index (χ2n) is 5.27. The van der Waals surface area contributed by atoms with E-state index in [1.54, 1.807) is 0 Å². The fourth-order valence-corrected chi connectivity index (χ4v) is 3.40. The number of nitrogens with one attached hydrogen (secondary N) is 1. The van der Waals surface area contributed by atoms with Crippen molar-refractivity contribution in [3.8, 4) is 0 Å². The van der Waals surface area contributed by atoms with Crippen molar-refractivity contribution >= 4 is 15.9 Å². The van der Waals surface area contributed by atoms with Crippen molar-refractivity contribution in [3.05, 3.63) is 33.8 Å². The van der Waals surface area contributed by atoms with Crippen LogP contribution in [0.4, 0.5) is 0 Å². The summed E-state index contributed by atoms with van der Waals surface area (Å²) in [5, 5.41) is 3.33. The largest absolute Gasteiger partial charge is 0.379 e. The van der Waals surface area contributed by atoms with Gasteiger partial charge in [0.25, 0.3) is 0 Å². The minimum Gasteiger partial charge on any atom is -0.379 e. The van der Waals surface area contributed by atoms with Crippen LogP contribution in [0.25, 0.3) is 0 Å². The Balaban J connectivity index is 2.39. The zero-order valence-corrected chi connectivity index (χ0v) is 13.0. The highest BCUT2D eigenvalue weighted by molar-refractivity contribution is 9.10. The monoisotopic (exact) mass is 311 g/mol. The van der Waals surface area contributed by atoms with E-state index in [9.17, 15) is 0 Å². The Morgan fingerprint density at radius 3 is 2.67 bits per heavy atom. The van der Waals surface area contributed by atoms with E-state index in [-0.39, 0.29) is 5.41 Å². The molecule has 0 spiro atoms. The Kier molecular flexibility index (Phi) is 4.46. The van der Waals surface area contributed by atoms with E-state index < -0.39 is 0 Å². The van der Waals surface area contributed by atoms with Gasteiger partial charge in [0.2, 0.25) is 0 Å². The number of aryl methyl sites for hydroxylation is 1. The lowest BCUT2D eigenvalue weighted by Crippen LogP contribution is -2.55. The maximum atomic E-state index is 5.57. The summed E-state index contributed by atoms with van der Waals surface area (Å²) >= 11 is 3.60. The van der Waals surface area contributed by atoms with Crippen LogP contribution >= 0.6 is 15.9 Å². The Morgan fingerprint density at radius 1 is 1.44 bits per heavy atom. The maximum Gasteiger partial charge on any atom is 0.0588 e. The van der Waals surface area contributed by atoms with Gasteiger partial charge >= 0.3 is 0 Å². The molecule has 100 valence electrons. The number of hydrogen-bond acceptors (Lipinski definition) is 2. The fraction of sp³-hybridized carbons (Fsp3) is 0.600. The Labute approximate surface area is 118 Å². The van der Waals surface area contributed by atoms with Crippen LogP contribution in [0.1, 0.15) is 24.5 Å². The maximum absolute atomic E-state index is 5.57. The summed E-state index contributed by atoms with van der Waals surface area (Å²) in [5.74, 6) is 0.629. The summed E-state index contributed by atoms with van der Waals surface area (Å²) in [4.78, 5) is 0. The quantitative estimate of drug-likeness (QED) is 0.901. The molecule has 0 aliphatic carbocycles. The molecule has 1 unspecified atom stereocenters. The Bertz CT molecular complexity index is 415. The second-order valence-corrected chi connectivity index (χ2v) is 6.19. The zero-order valence-electron chi connectivity index (χ0n) is 11.4. The molecule has 3 heteroatoms. The molecule has 1 fully saturated rings. The summed E-state index contributed by atoms with van der Waals surface area (Å²) in [6, 6.07) is 6.59. The first-order valence-corrected chi connectivity index (χ1v) is 7.42. The van der Waals surface area contributed by atoms with Crippen molar-refractivity contribution in [3.63, 3.8) is 0 Å². The summed E-state index contributed by atoms with van der Waals surface area (Å²) in [6.07, 6.45) is 1.18. The lowest BCUT2D eigenvalue weighted by Gasteiger charge is -2.48. The van der Waals surface area contributed by atoms with E-state index in [2.05, 4.69) is 53.3 Å². The van der Waals surface area contributed by atoms with Gasteiger partial charge in [0.15, 0.2) is 0 Å². The van der Waals surface area contributed by atoms with Gasteiger partial charge in [-0.25, -0.2) is 0 Å². The van der Waals surface area contributed by atoms with Gasteiger partial charge in [-0.1, -0.05) is 35.3 Å². The van der Waals surface area contributed by atoms with E-state index in [0.29, 0.717) is 5.92 Å². The molecule has 0 aromatic heterocycles. The van der Waals surface area contributed by atoms with Crippen molar-refractivity contribution in [2.24, 2.45) is 5.92 Å². The molecule has 1 heterocycles. The smallest absolute Gasteiger partial charge is 0.0588 e. The molecule has 1 N–H and O–H groups in total. The van der Waals surface area contributed by atoms with Gasteiger partial charge in [0.05, 0.1) is 13.2 Å². The van der Waals surface area contributed by atoms with Gasteiger partial charge in [-0.05, 0) is 49.7 Å². The Morgan fingerprint density at radius 2 is 2.17 bits per heavy atom. The number of benzene rings is 1. The molecule has 1 aromatic carbocycles. The second kappa shape index (κ2) is 5.72. The predicted molar refractivity (Wildman–Crippen MR) is 79.1 cm³/mol. The van der Waals surface area contributed by atoms with Gasteiger partial charge in [-0.2, -0.15) is 0 Å². The minimum absolute atomic E-state index is 0.200. The lowest BCUT2D eigenvalue weighted by atomic mass is 9.66. The van der Waals surface area contributed by atoms with Crippen LogP contribution in [0.5, 0.6) is 0 Å². The molecule has 2 nitrogen and oxygen atoms in total. The minimum atomic E-state index is 0.200. The van der Waals surface area contributed by atoms with Gasteiger partial charge in [0, 0.05) is 9.89 Å². The van der Waals surface area contributed by atoms with Crippen LogP contribution < -0.4 is 5.32 Å². The first-order chi connectivity index (χ1) is 8.64. The highest BCUT2D eigenvalue weighted by Gasteiger charge is 2.46. The number of halogens is 1. The molecule has 18 heavy (non-hydrogen) atoms. The lowest BCUT2D eigenvalue weighted by molar-refractivity contribution is -0.0913. The molecule has 1 aliphatic heterocycles. The van der Waals surface area contributed by atoms with Gasteiger partial charge in [0.1, 0.15) is 0 Å². The molecular formula is C15H22BrNO. The highest BCUT2D eigenvalue weighted by Crippen LogP contribution is 2.43. The first-order valence-electron chi connectivity index (χ1n) is 6.63. The van der Waals surface area contributed by atoms with Gasteiger partial charge in [-0.15, -0.1) is 0 Å². The van der Waals surface area contributed by atoms with Gasteiger partial charge < -0.3 is 10.1 Å². The van der Waals surface area contributed by atoms with Crippen LogP contribution in [0.3, 0.4) is 0 Å². The highest BCUT2D eigenvalue weighted by atomic mass is 79.9. The van der Waals surface area contributed by atoms with E-state index >= 15 is 0 Å². The summed E-state index contributed by atoms with van der Waals surface area (Å²) in [7, 11) is 2.03. The van der Waals surface area contributed by atoms with Crippen LogP contribution in [-0.4, -0.2) is 26.8 Å². The number of rotatable bonds is 5. The molecule has 0 saturated carbocycles. The van der Waals surface area contributed by atoms with Crippen molar-refractivity contribution in [2.45, 2.75) is 25.7 Å². The van der Waals surface area contributed by atoms with Crippen molar-refractivity contribution < 1.29 is 4.74 Å². The van der Waals surface area contributed by atoms with E-state index in [1.165, 1.54) is 17.5 Å². The predicted octanol–water partition coefficient (Wildman–Crippen LogP) is 3.27. The van der Waals surface area contributed by atoms with Crippen LogP contribution in [0.15, 0.2) is 22.7 Å². The molecule has 0 bridgehead atoms. The number of hydrogen-bond donors (Lipinski definition) is 1. The number of ether oxygens (including phenoxy) is 1. The first kappa shape index (κ1) is 14.0. The topological polar surface area (TPSA) is 21.3 Å². The van der Waals surface area contributed by atoms with Gasteiger partial charge in [-0.3, -0.25) is 0 Å². The Hall–Kier alpha value is -0.380.